The van der Waals surface area contributed by atoms with Gasteiger partial charge in [0.1, 0.15) is 11.8 Å². The number of nitrogens with one attached hydrogen (secondary N) is 1. The van der Waals surface area contributed by atoms with E-state index in [0.29, 0.717) is 18.7 Å². The fourth-order valence-corrected chi connectivity index (χ4v) is 5.38. The molecule has 0 bridgehead atoms. The highest BCUT2D eigenvalue weighted by Gasteiger charge is 2.32. The largest absolute Gasteiger partial charge is 0.484 e. The van der Waals surface area contributed by atoms with Crippen molar-refractivity contribution in [2.24, 2.45) is 0 Å². The van der Waals surface area contributed by atoms with Gasteiger partial charge in [-0.2, -0.15) is 0 Å². The highest BCUT2D eigenvalue weighted by atomic mass is 79.9. The number of rotatable bonds is 10. The molecule has 1 saturated carbocycles. The summed E-state index contributed by atoms with van der Waals surface area (Å²) < 4.78 is 7.81. The summed E-state index contributed by atoms with van der Waals surface area (Å²) in [6.07, 6.45) is 4.63. The van der Waals surface area contributed by atoms with Crippen LogP contribution < -0.4 is 10.1 Å². The van der Waals surface area contributed by atoms with E-state index < -0.39 is 6.04 Å². The third kappa shape index (κ3) is 7.92. The second-order valence-electron chi connectivity index (χ2n) is 9.55. The molecule has 0 aliphatic heterocycles. The van der Waals surface area contributed by atoms with Crippen LogP contribution in [0.15, 0.2) is 81.7 Å². The minimum absolute atomic E-state index is 0.112. The van der Waals surface area contributed by atoms with Crippen molar-refractivity contribution in [2.45, 2.75) is 57.7 Å². The molecule has 0 radical (unpaired) electrons. The molecule has 37 heavy (non-hydrogen) atoms. The number of hydrogen-bond acceptors (Lipinski definition) is 3. The maximum Gasteiger partial charge on any atom is 0.261 e. The number of carbonyl (C=O) groups excluding carboxylic acids is 2. The Balaban J connectivity index is 1.61. The molecule has 0 heterocycles. The Morgan fingerprint density at radius 1 is 0.973 bits per heavy atom. The summed E-state index contributed by atoms with van der Waals surface area (Å²) in [5.74, 6) is 0.271. The van der Waals surface area contributed by atoms with E-state index in [1.807, 2.05) is 79.7 Å². The third-order valence-electron chi connectivity index (χ3n) is 6.71. The zero-order valence-corrected chi connectivity index (χ0v) is 24.1. The molecule has 4 rings (SSSR count). The van der Waals surface area contributed by atoms with E-state index in [0.717, 1.165) is 51.3 Å². The zero-order valence-electron chi connectivity index (χ0n) is 21.0. The maximum absolute atomic E-state index is 13.7. The lowest BCUT2D eigenvalue weighted by Crippen LogP contribution is -2.53. The van der Waals surface area contributed by atoms with Crippen molar-refractivity contribution in [3.05, 3.63) is 98.4 Å². The van der Waals surface area contributed by atoms with Crippen LogP contribution in [0.2, 0.25) is 0 Å². The Labute approximate surface area is 235 Å². The average Bonchev–Trinajstić information content (AvgIpc) is 3.40. The minimum Gasteiger partial charge on any atom is -0.484 e. The fraction of sp³-hybridized carbons (Fsp3) is 0.333. The number of aryl methyl sites for hydroxylation is 1. The van der Waals surface area contributed by atoms with Gasteiger partial charge in [-0.15, -0.1) is 0 Å². The van der Waals surface area contributed by atoms with Crippen LogP contribution in [0.1, 0.15) is 42.4 Å². The monoisotopic (exact) mass is 626 g/mol. The molecule has 1 aliphatic rings. The summed E-state index contributed by atoms with van der Waals surface area (Å²) in [6, 6.07) is 22.8. The summed E-state index contributed by atoms with van der Waals surface area (Å²) in [5, 5.41) is 3.23. The molecular weight excluding hydrogens is 596 g/mol. The Kier molecular flexibility index (Phi) is 9.81. The van der Waals surface area contributed by atoms with Crippen LogP contribution in [0.3, 0.4) is 0 Å². The number of ether oxygens (including phenoxy) is 1. The first-order valence-electron chi connectivity index (χ1n) is 12.7. The second-order valence-corrected chi connectivity index (χ2v) is 11.3. The number of hydrogen-bond donors (Lipinski definition) is 1. The quantitative estimate of drug-likeness (QED) is 0.276. The fourth-order valence-electron chi connectivity index (χ4n) is 4.69. The van der Waals surface area contributed by atoms with Gasteiger partial charge in [-0.1, -0.05) is 87.2 Å². The van der Waals surface area contributed by atoms with Gasteiger partial charge in [-0.3, -0.25) is 9.59 Å². The van der Waals surface area contributed by atoms with Crippen molar-refractivity contribution in [3.63, 3.8) is 0 Å². The Bertz CT molecular complexity index is 1210. The molecule has 3 aromatic rings. The van der Waals surface area contributed by atoms with Crippen LogP contribution in [0.4, 0.5) is 0 Å². The van der Waals surface area contributed by atoms with E-state index in [4.69, 9.17) is 4.74 Å². The SMILES string of the molecule is Cc1cc(OCC(=O)N(Cc2cccc(Br)c2)[C@H](Cc2ccccc2)C(=O)NC2CCCC2)ccc1Br. The van der Waals surface area contributed by atoms with Crippen LogP contribution in [0.5, 0.6) is 5.75 Å². The standard InChI is InChI=1S/C30H32Br2N2O3/c1-21-16-26(14-15-27(21)32)37-20-29(35)34(19-23-10-7-11-24(31)17-23)28(18-22-8-3-2-4-9-22)30(36)33-25-12-5-6-13-25/h2-4,7-11,14-17,25,28H,5-6,12-13,18-20H2,1H3,(H,33,36)/t28-/m1/s1. The van der Waals surface area contributed by atoms with Gasteiger partial charge in [0.25, 0.3) is 5.91 Å². The van der Waals surface area contributed by atoms with Gasteiger partial charge in [0.2, 0.25) is 5.91 Å². The number of nitrogens with zero attached hydrogens (tertiary/aromatic N) is 1. The van der Waals surface area contributed by atoms with Crippen molar-refractivity contribution in [3.8, 4) is 5.75 Å². The molecule has 7 heteroatoms. The van der Waals surface area contributed by atoms with E-state index in [2.05, 4.69) is 37.2 Å². The zero-order chi connectivity index (χ0) is 26.2. The molecule has 1 aliphatic carbocycles. The molecule has 0 saturated heterocycles. The third-order valence-corrected chi connectivity index (χ3v) is 8.09. The lowest BCUT2D eigenvalue weighted by molar-refractivity contribution is -0.143. The summed E-state index contributed by atoms with van der Waals surface area (Å²) >= 11 is 7.03. The summed E-state index contributed by atoms with van der Waals surface area (Å²) in [4.78, 5) is 29.1. The number of halogens is 2. The normalized spacial score (nSPS) is 14.2. The summed E-state index contributed by atoms with van der Waals surface area (Å²) in [5.41, 5.74) is 2.97. The molecule has 0 aromatic heterocycles. The first kappa shape index (κ1) is 27.4. The lowest BCUT2D eigenvalue weighted by Gasteiger charge is -2.32. The van der Waals surface area contributed by atoms with E-state index in [1.54, 1.807) is 4.90 Å². The van der Waals surface area contributed by atoms with Crippen molar-refractivity contribution in [1.82, 2.24) is 10.2 Å². The first-order chi connectivity index (χ1) is 17.9. The molecule has 3 aromatic carbocycles. The van der Waals surface area contributed by atoms with Gasteiger partial charge < -0.3 is 15.0 Å². The highest BCUT2D eigenvalue weighted by Crippen LogP contribution is 2.23. The Hall–Kier alpha value is -2.64. The van der Waals surface area contributed by atoms with Gasteiger partial charge in [0, 0.05) is 28.0 Å². The predicted molar refractivity (Wildman–Crippen MR) is 153 cm³/mol. The van der Waals surface area contributed by atoms with Crippen molar-refractivity contribution in [2.75, 3.05) is 6.61 Å². The topological polar surface area (TPSA) is 58.6 Å². The number of amides is 2. The van der Waals surface area contributed by atoms with E-state index >= 15 is 0 Å². The second kappa shape index (κ2) is 13.2. The predicted octanol–water partition coefficient (Wildman–Crippen LogP) is 6.60. The summed E-state index contributed by atoms with van der Waals surface area (Å²) in [6.45, 7) is 2.12. The van der Waals surface area contributed by atoms with Gasteiger partial charge in [-0.05, 0) is 66.8 Å². The van der Waals surface area contributed by atoms with Gasteiger partial charge in [0.15, 0.2) is 6.61 Å². The van der Waals surface area contributed by atoms with Crippen LogP contribution in [-0.2, 0) is 22.6 Å². The molecule has 1 atom stereocenters. The van der Waals surface area contributed by atoms with Crippen LogP contribution in [0, 0.1) is 6.92 Å². The minimum atomic E-state index is -0.662. The molecule has 5 nitrogen and oxygen atoms in total. The molecule has 0 spiro atoms. The Morgan fingerprint density at radius 2 is 1.70 bits per heavy atom. The van der Waals surface area contributed by atoms with Crippen molar-refractivity contribution in [1.29, 1.82) is 0 Å². The van der Waals surface area contributed by atoms with Gasteiger partial charge in [-0.25, -0.2) is 0 Å². The van der Waals surface area contributed by atoms with Crippen LogP contribution in [-0.4, -0.2) is 35.4 Å². The molecule has 0 unspecified atom stereocenters. The smallest absolute Gasteiger partial charge is 0.261 e. The number of carbonyl (C=O) groups is 2. The summed E-state index contributed by atoms with van der Waals surface area (Å²) in [7, 11) is 0. The molecule has 1 fully saturated rings. The highest BCUT2D eigenvalue weighted by molar-refractivity contribution is 9.10. The van der Waals surface area contributed by atoms with E-state index in [1.165, 1.54) is 0 Å². The molecule has 194 valence electrons. The number of benzene rings is 3. The van der Waals surface area contributed by atoms with Crippen LogP contribution >= 0.6 is 31.9 Å². The molecule has 2 amide bonds. The average molecular weight is 628 g/mol. The van der Waals surface area contributed by atoms with Crippen molar-refractivity contribution < 1.29 is 14.3 Å². The lowest BCUT2D eigenvalue weighted by atomic mass is 10.0. The molecule has 1 N–H and O–H groups in total. The van der Waals surface area contributed by atoms with E-state index in [9.17, 15) is 9.59 Å². The van der Waals surface area contributed by atoms with Gasteiger partial charge >= 0.3 is 0 Å². The first-order valence-corrected chi connectivity index (χ1v) is 14.2. The van der Waals surface area contributed by atoms with Crippen LogP contribution in [0.25, 0.3) is 0 Å². The maximum atomic E-state index is 13.7. The van der Waals surface area contributed by atoms with Gasteiger partial charge in [0.05, 0.1) is 0 Å². The van der Waals surface area contributed by atoms with E-state index in [-0.39, 0.29) is 24.5 Å². The Morgan fingerprint density at radius 3 is 2.41 bits per heavy atom. The molecular formula is C30H32Br2N2O3. The van der Waals surface area contributed by atoms with Crippen molar-refractivity contribution >= 4 is 43.7 Å².